The van der Waals surface area contributed by atoms with Crippen LogP contribution >= 0.6 is 34.5 Å². The molecule has 1 fully saturated rings. The van der Waals surface area contributed by atoms with Gasteiger partial charge in [-0.2, -0.15) is 11.3 Å². The van der Waals surface area contributed by atoms with Crippen LogP contribution in [-0.4, -0.2) is 29.7 Å². The van der Waals surface area contributed by atoms with Crippen LogP contribution in [0.25, 0.3) is 0 Å². The number of aliphatic hydroxyl groups excluding tert-OH is 1. The van der Waals surface area contributed by atoms with Gasteiger partial charge in [-0.05, 0) is 40.1 Å². The molecule has 5 heteroatoms. The summed E-state index contributed by atoms with van der Waals surface area (Å²) in [7, 11) is 0. The smallest absolute Gasteiger partial charge is 0.0477 e. The zero-order valence-corrected chi connectivity index (χ0v) is 13.8. The molecule has 0 spiro atoms. The van der Waals surface area contributed by atoms with Crippen molar-refractivity contribution >= 4 is 34.5 Å². The van der Waals surface area contributed by atoms with Gasteiger partial charge in [0.1, 0.15) is 0 Å². The fraction of sp³-hybridized carbons (Fsp3) is 0.375. The van der Waals surface area contributed by atoms with Crippen LogP contribution in [0.3, 0.4) is 0 Å². The highest BCUT2D eigenvalue weighted by atomic mass is 35.5. The minimum absolute atomic E-state index is 0.228. The Hall–Kier alpha value is -0.580. The van der Waals surface area contributed by atoms with E-state index in [4.69, 9.17) is 23.2 Å². The summed E-state index contributed by atoms with van der Waals surface area (Å²) >= 11 is 13.9. The van der Waals surface area contributed by atoms with Crippen LogP contribution in [0.15, 0.2) is 35.0 Å². The first-order valence-electron chi connectivity index (χ1n) is 6.96. The molecule has 21 heavy (non-hydrogen) atoms. The van der Waals surface area contributed by atoms with E-state index < -0.39 is 0 Å². The molecule has 0 saturated carbocycles. The van der Waals surface area contributed by atoms with Gasteiger partial charge in [0.05, 0.1) is 0 Å². The zero-order valence-electron chi connectivity index (χ0n) is 11.5. The fourth-order valence-electron chi connectivity index (χ4n) is 3.03. The maximum absolute atomic E-state index is 9.64. The van der Waals surface area contributed by atoms with Crippen molar-refractivity contribution in [3.8, 4) is 0 Å². The monoisotopic (exact) mass is 341 g/mol. The van der Waals surface area contributed by atoms with Gasteiger partial charge in [-0.1, -0.05) is 29.3 Å². The minimum atomic E-state index is 0.228. The van der Waals surface area contributed by atoms with Gasteiger partial charge in [0.2, 0.25) is 0 Å². The van der Waals surface area contributed by atoms with Crippen molar-refractivity contribution in [2.75, 3.05) is 19.7 Å². The summed E-state index contributed by atoms with van der Waals surface area (Å²) in [4.78, 5) is 2.36. The molecular formula is C16H17Cl2NOS. The molecular weight excluding hydrogens is 325 g/mol. The molecule has 2 heterocycles. The summed E-state index contributed by atoms with van der Waals surface area (Å²) in [6, 6.07) is 7.81. The van der Waals surface area contributed by atoms with E-state index in [0.29, 0.717) is 21.9 Å². The Balaban J connectivity index is 1.73. The number of likely N-dealkylation sites (tertiary alicyclic amines) is 1. The van der Waals surface area contributed by atoms with E-state index in [9.17, 15) is 5.11 Å². The zero-order chi connectivity index (χ0) is 14.8. The molecule has 0 bridgehead atoms. The maximum Gasteiger partial charge on any atom is 0.0477 e. The first kappa shape index (κ1) is 15.3. The molecule has 2 aromatic rings. The second-order valence-electron chi connectivity index (χ2n) is 5.54. The predicted octanol–water partition coefficient (Wildman–Crippen LogP) is 4.26. The molecule has 3 rings (SSSR count). The number of aliphatic hydroxyl groups is 1. The lowest BCUT2D eigenvalue weighted by atomic mass is 9.92. The number of nitrogens with zero attached hydrogens (tertiary/aromatic N) is 1. The van der Waals surface area contributed by atoms with Gasteiger partial charge in [0, 0.05) is 48.1 Å². The largest absolute Gasteiger partial charge is 0.396 e. The van der Waals surface area contributed by atoms with Gasteiger partial charge in [-0.3, -0.25) is 4.90 Å². The summed E-state index contributed by atoms with van der Waals surface area (Å²) < 4.78 is 0. The van der Waals surface area contributed by atoms with Gasteiger partial charge in [0.25, 0.3) is 0 Å². The van der Waals surface area contributed by atoms with Crippen LogP contribution < -0.4 is 0 Å². The third-order valence-electron chi connectivity index (χ3n) is 4.13. The van der Waals surface area contributed by atoms with Gasteiger partial charge >= 0.3 is 0 Å². The Morgan fingerprint density at radius 1 is 1.24 bits per heavy atom. The standard InChI is InChI=1S/C16H17Cl2NOS/c17-14-2-1-11(16(18)5-14)6-19-7-13(9-20)15(8-19)12-3-4-21-10-12/h1-5,10,13,15,20H,6-9H2. The first-order valence-corrected chi connectivity index (χ1v) is 8.66. The number of benzene rings is 1. The van der Waals surface area contributed by atoms with Crippen LogP contribution in [0.5, 0.6) is 0 Å². The highest BCUT2D eigenvalue weighted by molar-refractivity contribution is 7.08. The lowest BCUT2D eigenvalue weighted by Crippen LogP contribution is -2.21. The summed E-state index contributed by atoms with van der Waals surface area (Å²) in [5.41, 5.74) is 2.42. The topological polar surface area (TPSA) is 23.5 Å². The quantitative estimate of drug-likeness (QED) is 0.897. The molecule has 2 unspecified atom stereocenters. The Morgan fingerprint density at radius 3 is 2.76 bits per heavy atom. The summed E-state index contributed by atoms with van der Waals surface area (Å²) in [6.07, 6.45) is 0. The molecule has 0 aliphatic carbocycles. The van der Waals surface area contributed by atoms with E-state index in [-0.39, 0.29) is 6.61 Å². The van der Waals surface area contributed by atoms with Crippen molar-refractivity contribution in [1.29, 1.82) is 0 Å². The minimum Gasteiger partial charge on any atom is -0.396 e. The lowest BCUT2D eigenvalue weighted by molar-refractivity contribution is 0.214. The molecule has 1 saturated heterocycles. The maximum atomic E-state index is 9.64. The SMILES string of the molecule is OCC1CN(Cc2ccc(Cl)cc2Cl)CC1c1ccsc1. The van der Waals surface area contributed by atoms with E-state index in [0.717, 1.165) is 25.2 Å². The van der Waals surface area contributed by atoms with Gasteiger partial charge < -0.3 is 5.11 Å². The summed E-state index contributed by atoms with van der Waals surface area (Å²) in [5.74, 6) is 0.706. The van der Waals surface area contributed by atoms with Crippen molar-refractivity contribution < 1.29 is 5.11 Å². The first-order chi connectivity index (χ1) is 10.2. The Morgan fingerprint density at radius 2 is 2.10 bits per heavy atom. The van der Waals surface area contributed by atoms with E-state index in [2.05, 4.69) is 21.7 Å². The van der Waals surface area contributed by atoms with Crippen LogP contribution in [-0.2, 0) is 6.54 Å². The molecule has 1 aliphatic rings. The second-order valence-corrected chi connectivity index (χ2v) is 7.16. The van der Waals surface area contributed by atoms with E-state index in [1.54, 1.807) is 17.4 Å². The van der Waals surface area contributed by atoms with Crippen molar-refractivity contribution in [3.63, 3.8) is 0 Å². The third-order valence-corrected chi connectivity index (χ3v) is 5.42. The molecule has 1 aromatic heterocycles. The summed E-state index contributed by atoms with van der Waals surface area (Å²) in [6.45, 7) is 2.88. The van der Waals surface area contributed by atoms with Crippen LogP contribution in [0.1, 0.15) is 17.0 Å². The molecule has 112 valence electrons. The molecule has 0 amide bonds. The average Bonchev–Trinajstić information content (AvgIpc) is 3.10. The molecule has 2 nitrogen and oxygen atoms in total. The average molecular weight is 342 g/mol. The fourth-order valence-corrected chi connectivity index (χ4v) is 4.22. The van der Waals surface area contributed by atoms with Crippen LogP contribution in [0, 0.1) is 5.92 Å². The van der Waals surface area contributed by atoms with Crippen molar-refractivity contribution in [2.45, 2.75) is 12.5 Å². The number of halogens is 2. The van der Waals surface area contributed by atoms with Gasteiger partial charge in [0.15, 0.2) is 0 Å². The van der Waals surface area contributed by atoms with Crippen molar-refractivity contribution in [1.82, 2.24) is 4.90 Å². The number of hydrogen-bond acceptors (Lipinski definition) is 3. The lowest BCUT2D eigenvalue weighted by Gasteiger charge is -2.16. The highest BCUT2D eigenvalue weighted by Crippen LogP contribution is 2.35. The normalized spacial score (nSPS) is 22.8. The Labute approximate surface area is 138 Å². The summed E-state index contributed by atoms with van der Waals surface area (Å²) in [5, 5.41) is 15.3. The van der Waals surface area contributed by atoms with E-state index >= 15 is 0 Å². The van der Waals surface area contributed by atoms with Crippen LogP contribution in [0.4, 0.5) is 0 Å². The number of hydrogen-bond donors (Lipinski definition) is 1. The predicted molar refractivity (Wildman–Crippen MR) is 89.4 cm³/mol. The molecule has 1 aliphatic heterocycles. The van der Waals surface area contributed by atoms with E-state index in [1.807, 2.05) is 12.1 Å². The van der Waals surface area contributed by atoms with Gasteiger partial charge in [-0.15, -0.1) is 0 Å². The molecule has 1 N–H and O–H groups in total. The molecule has 2 atom stereocenters. The molecule has 1 aromatic carbocycles. The number of rotatable bonds is 4. The second kappa shape index (κ2) is 6.67. The van der Waals surface area contributed by atoms with Crippen LogP contribution in [0.2, 0.25) is 10.0 Å². The number of thiophene rings is 1. The highest BCUT2D eigenvalue weighted by Gasteiger charge is 2.33. The third kappa shape index (κ3) is 3.43. The Bertz CT molecular complexity index is 602. The van der Waals surface area contributed by atoms with Crippen molar-refractivity contribution in [2.24, 2.45) is 5.92 Å². The van der Waals surface area contributed by atoms with Crippen molar-refractivity contribution in [3.05, 3.63) is 56.2 Å². The Kier molecular flexibility index (Phi) is 4.87. The molecule has 0 radical (unpaired) electrons. The van der Waals surface area contributed by atoms with E-state index in [1.165, 1.54) is 5.56 Å². The van der Waals surface area contributed by atoms with Gasteiger partial charge in [-0.25, -0.2) is 0 Å².